The molecule has 0 bridgehead atoms. The summed E-state index contributed by atoms with van der Waals surface area (Å²) >= 11 is 0. The number of rotatable bonds is 5. The first-order chi connectivity index (χ1) is 7.22. The minimum Gasteiger partial charge on any atom is -0.358 e. The van der Waals surface area contributed by atoms with E-state index in [-0.39, 0.29) is 18.4 Å². The van der Waals surface area contributed by atoms with Gasteiger partial charge < -0.3 is 16.0 Å². The van der Waals surface area contributed by atoms with E-state index in [9.17, 15) is 9.59 Å². The number of hydrogen-bond acceptors (Lipinski definition) is 3. The quantitative estimate of drug-likeness (QED) is 0.570. The molecule has 1 atom stereocenters. The second-order valence-corrected chi connectivity index (χ2v) is 3.78. The average Bonchev–Trinajstić information content (AvgIpc) is 2.75. The minimum atomic E-state index is -0.164. The van der Waals surface area contributed by atoms with Gasteiger partial charge in [-0.1, -0.05) is 0 Å². The molecule has 0 radical (unpaired) electrons. The van der Waals surface area contributed by atoms with Crippen molar-refractivity contribution in [1.82, 2.24) is 16.0 Å². The van der Waals surface area contributed by atoms with Crippen molar-refractivity contribution in [3.8, 4) is 0 Å². The van der Waals surface area contributed by atoms with Crippen molar-refractivity contribution in [3.63, 3.8) is 0 Å². The molecular formula is C10H19N3O2. The van der Waals surface area contributed by atoms with Crippen LogP contribution >= 0.6 is 0 Å². The first-order valence-electron chi connectivity index (χ1n) is 5.43. The molecule has 5 nitrogen and oxygen atoms in total. The van der Waals surface area contributed by atoms with E-state index in [1.54, 1.807) is 7.05 Å². The second kappa shape index (κ2) is 6.40. The van der Waals surface area contributed by atoms with Crippen LogP contribution in [0.2, 0.25) is 0 Å². The lowest BCUT2D eigenvalue weighted by molar-refractivity contribution is -0.125. The molecule has 3 N–H and O–H groups in total. The van der Waals surface area contributed by atoms with Gasteiger partial charge in [0.1, 0.15) is 0 Å². The van der Waals surface area contributed by atoms with Crippen molar-refractivity contribution >= 4 is 11.8 Å². The fourth-order valence-corrected chi connectivity index (χ4v) is 1.66. The van der Waals surface area contributed by atoms with Gasteiger partial charge in [0, 0.05) is 19.5 Å². The maximum atomic E-state index is 11.3. The Balaban J connectivity index is 2.05. The smallest absolute Gasteiger partial charge is 0.239 e. The minimum absolute atomic E-state index is 0.0488. The molecular weight excluding hydrogens is 194 g/mol. The van der Waals surface area contributed by atoms with Crippen molar-refractivity contribution in [2.24, 2.45) is 0 Å². The van der Waals surface area contributed by atoms with Gasteiger partial charge in [0.05, 0.1) is 6.54 Å². The van der Waals surface area contributed by atoms with E-state index in [2.05, 4.69) is 16.0 Å². The molecule has 0 aromatic heterocycles. The van der Waals surface area contributed by atoms with Crippen molar-refractivity contribution in [2.45, 2.75) is 31.7 Å². The van der Waals surface area contributed by atoms with Crippen LogP contribution < -0.4 is 16.0 Å². The van der Waals surface area contributed by atoms with Gasteiger partial charge in [-0.05, 0) is 25.8 Å². The predicted molar refractivity (Wildman–Crippen MR) is 57.3 cm³/mol. The third kappa shape index (κ3) is 4.78. The fourth-order valence-electron chi connectivity index (χ4n) is 1.66. The molecule has 15 heavy (non-hydrogen) atoms. The van der Waals surface area contributed by atoms with Crippen molar-refractivity contribution in [2.75, 3.05) is 20.1 Å². The van der Waals surface area contributed by atoms with Gasteiger partial charge >= 0.3 is 0 Å². The molecule has 1 unspecified atom stereocenters. The van der Waals surface area contributed by atoms with Crippen molar-refractivity contribution in [1.29, 1.82) is 0 Å². The van der Waals surface area contributed by atoms with E-state index in [0.29, 0.717) is 12.5 Å². The lowest BCUT2D eigenvalue weighted by atomic mass is 10.1. The highest BCUT2D eigenvalue weighted by atomic mass is 16.2. The van der Waals surface area contributed by atoms with Crippen molar-refractivity contribution < 1.29 is 9.59 Å². The first kappa shape index (κ1) is 12.0. The van der Waals surface area contributed by atoms with Crippen LogP contribution in [0.4, 0.5) is 0 Å². The number of hydrogen-bond donors (Lipinski definition) is 3. The molecule has 1 saturated heterocycles. The van der Waals surface area contributed by atoms with E-state index >= 15 is 0 Å². The third-order valence-corrected chi connectivity index (χ3v) is 2.61. The summed E-state index contributed by atoms with van der Waals surface area (Å²) in [5.41, 5.74) is 0. The number of amides is 2. The summed E-state index contributed by atoms with van der Waals surface area (Å²) in [4.78, 5) is 22.1. The molecule has 0 aromatic rings. The van der Waals surface area contributed by atoms with Gasteiger partial charge in [0.15, 0.2) is 0 Å². The normalized spacial score (nSPS) is 19.9. The Hall–Kier alpha value is -1.10. The number of likely N-dealkylation sites (N-methyl/N-ethyl adjacent to an activating group) is 1. The van der Waals surface area contributed by atoms with Gasteiger partial charge in [-0.2, -0.15) is 0 Å². The zero-order chi connectivity index (χ0) is 11.1. The van der Waals surface area contributed by atoms with E-state index in [0.717, 1.165) is 19.4 Å². The highest BCUT2D eigenvalue weighted by Gasteiger charge is 2.15. The highest BCUT2D eigenvalue weighted by Crippen LogP contribution is 2.10. The summed E-state index contributed by atoms with van der Waals surface area (Å²) in [7, 11) is 1.55. The highest BCUT2D eigenvalue weighted by molar-refractivity contribution is 5.84. The van der Waals surface area contributed by atoms with Gasteiger partial charge in [-0.3, -0.25) is 9.59 Å². The molecule has 0 saturated carbocycles. The van der Waals surface area contributed by atoms with Crippen molar-refractivity contribution in [3.05, 3.63) is 0 Å². The lowest BCUT2D eigenvalue weighted by Gasteiger charge is -2.09. The SMILES string of the molecule is CNC(=O)CNC(=O)CCC1CCCN1. The summed E-state index contributed by atoms with van der Waals surface area (Å²) in [5.74, 6) is -0.213. The molecule has 1 fully saturated rings. The fraction of sp³-hybridized carbons (Fsp3) is 0.800. The molecule has 0 spiro atoms. The topological polar surface area (TPSA) is 70.2 Å². The van der Waals surface area contributed by atoms with Crippen LogP contribution in [0.1, 0.15) is 25.7 Å². The second-order valence-electron chi connectivity index (χ2n) is 3.78. The number of nitrogens with one attached hydrogen (secondary N) is 3. The number of carbonyl (C=O) groups excluding carboxylic acids is 2. The largest absolute Gasteiger partial charge is 0.358 e. The monoisotopic (exact) mass is 213 g/mol. The summed E-state index contributed by atoms with van der Waals surface area (Å²) < 4.78 is 0. The van der Waals surface area contributed by atoms with Crippen LogP contribution in [-0.4, -0.2) is 38.0 Å². The summed E-state index contributed by atoms with van der Waals surface area (Å²) in [6.07, 6.45) is 3.71. The van der Waals surface area contributed by atoms with E-state index in [1.807, 2.05) is 0 Å². The average molecular weight is 213 g/mol. The lowest BCUT2D eigenvalue weighted by Crippen LogP contribution is -2.35. The Bertz CT molecular complexity index is 225. The Morgan fingerprint density at radius 3 is 2.80 bits per heavy atom. The zero-order valence-corrected chi connectivity index (χ0v) is 9.14. The molecule has 1 aliphatic heterocycles. The van der Waals surface area contributed by atoms with Crippen LogP contribution in [0.15, 0.2) is 0 Å². The Morgan fingerprint density at radius 1 is 1.40 bits per heavy atom. The van der Waals surface area contributed by atoms with E-state index < -0.39 is 0 Å². The standard InChI is InChI=1S/C10H19N3O2/c1-11-10(15)7-13-9(14)5-4-8-3-2-6-12-8/h8,12H,2-7H2,1H3,(H,11,15)(H,13,14). The third-order valence-electron chi connectivity index (χ3n) is 2.61. The number of carbonyl (C=O) groups is 2. The molecule has 1 aliphatic rings. The predicted octanol–water partition coefficient (Wildman–Crippen LogP) is -0.619. The van der Waals surface area contributed by atoms with Crippen LogP contribution in [0.3, 0.4) is 0 Å². The Morgan fingerprint density at radius 2 is 2.20 bits per heavy atom. The van der Waals surface area contributed by atoms with Gasteiger partial charge in [-0.15, -0.1) is 0 Å². The van der Waals surface area contributed by atoms with Crippen LogP contribution in [0.25, 0.3) is 0 Å². The summed E-state index contributed by atoms with van der Waals surface area (Å²) in [6.45, 7) is 1.14. The summed E-state index contributed by atoms with van der Waals surface area (Å²) in [5, 5.41) is 8.36. The maximum absolute atomic E-state index is 11.3. The maximum Gasteiger partial charge on any atom is 0.239 e. The van der Waals surface area contributed by atoms with Crippen LogP contribution in [0.5, 0.6) is 0 Å². The Kier molecular flexibility index (Phi) is 5.10. The van der Waals surface area contributed by atoms with Crippen LogP contribution in [-0.2, 0) is 9.59 Å². The van der Waals surface area contributed by atoms with Crippen LogP contribution in [0, 0.1) is 0 Å². The molecule has 1 heterocycles. The zero-order valence-electron chi connectivity index (χ0n) is 9.14. The molecule has 0 aliphatic carbocycles. The Labute approximate surface area is 90.0 Å². The van der Waals surface area contributed by atoms with E-state index in [1.165, 1.54) is 6.42 Å². The molecule has 86 valence electrons. The van der Waals surface area contributed by atoms with Gasteiger partial charge in [0.2, 0.25) is 11.8 Å². The van der Waals surface area contributed by atoms with Gasteiger partial charge in [-0.25, -0.2) is 0 Å². The summed E-state index contributed by atoms with van der Waals surface area (Å²) in [6, 6.07) is 0.482. The molecule has 2 amide bonds. The molecule has 0 aromatic carbocycles. The van der Waals surface area contributed by atoms with Gasteiger partial charge in [0.25, 0.3) is 0 Å². The first-order valence-corrected chi connectivity index (χ1v) is 5.43. The molecule has 1 rings (SSSR count). The molecule has 5 heteroatoms. The van der Waals surface area contributed by atoms with E-state index in [4.69, 9.17) is 0 Å².